The van der Waals surface area contributed by atoms with Gasteiger partial charge in [-0.15, -0.1) is 0 Å². The van der Waals surface area contributed by atoms with Gasteiger partial charge in [-0.2, -0.15) is 0 Å². The number of hydrogen-bond acceptors (Lipinski definition) is 0. The van der Waals surface area contributed by atoms with Crippen LogP contribution >= 0.6 is 0 Å². The van der Waals surface area contributed by atoms with Gasteiger partial charge in [0.2, 0.25) is 0 Å². The predicted octanol–water partition coefficient (Wildman–Crippen LogP) is -1.33. The maximum Gasteiger partial charge on any atom is 0.146 e. The second kappa shape index (κ2) is 4.73. The van der Waals surface area contributed by atoms with Gasteiger partial charge in [-0.25, -0.2) is 4.58 Å². The Labute approximate surface area is 69.5 Å². The molecule has 0 aromatic rings. The predicted molar refractivity (Wildman–Crippen MR) is 40.2 cm³/mol. The summed E-state index contributed by atoms with van der Waals surface area (Å²) in [6.45, 7) is 6.99. The third kappa shape index (κ3) is 2.70. The smallest absolute Gasteiger partial charge is 0.146 e. The zero-order valence-corrected chi connectivity index (χ0v) is 7.62. The molecule has 1 fully saturated rings. The highest BCUT2D eigenvalue weighted by Gasteiger charge is 2.10. The van der Waals surface area contributed by atoms with Crippen molar-refractivity contribution in [3.05, 3.63) is 0 Å². The fourth-order valence-corrected chi connectivity index (χ4v) is 1.34. The van der Waals surface area contributed by atoms with Crippen LogP contribution in [-0.4, -0.2) is 23.4 Å². The number of rotatable bonds is 0. The molecule has 0 radical (unpaired) electrons. The summed E-state index contributed by atoms with van der Waals surface area (Å²) in [5.41, 5.74) is 1.48. The summed E-state index contributed by atoms with van der Waals surface area (Å²) in [5, 5.41) is 0. The first-order valence-electron chi connectivity index (χ1n) is 3.86. The second-order valence-corrected chi connectivity index (χ2v) is 2.99. The van der Waals surface area contributed by atoms with Crippen molar-refractivity contribution < 1.29 is 17.0 Å². The van der Waals surface area contributed by atoms with Crippen LogP contribution in [0.3, 0.4) is 0 Å². The summed E-state index contributed by atoms with van der Waals surface area (Å²) >= 11 is 0. The lowest BCUT2D eigenvalue weighted by atomic mass is 10.1. The molecule has 1 aliphatic rings. The normalized spacial score (nSPS) is 18.0. The molecule has 0 bridgehead atoms. The van der Waals surface area contributed by atoms with Crippen LogP contribution in [0.25, 0.3) is 0 Å². The SMILES string of the molecule is CC(C)=[N+]1CCCCC1.[Cl-]. The molecule has 0 unspecified atom stereocenters. The van der Waals surface area contributed by atoms with E-state index < -0.39 is 0 Å². The van der Waals surface area contributed by atoms with Crippen LogP contribution in [0, 0.1) is 0 Å². The minimum Gasteiger partial charge on any atom is -1.00 e. The monoisotopic (exact) mass is 161 g/mol. The molecule has 10 heavy (non-hydrogen) atoms. The van der Waals surface area contributed by atoms with E-state index in [2.05, 4.69) is 18.4 Å². The first kappa shape index (κ1) is 9.96. The van der Waals surface area contributed by atoms with Crippen molar-refractivity contribution in [3.8, 4) is 0 Å². The van der Waals surface area contributed by atoms with E-state index in [9.17, 15) is 0 Å². The maximum absolute atomic E-state index is 2.48. The van der Waals surface area contributed by atoms with Crippen molar-refractivity contribution in [2.24, 2.45) is 0 Å². The molecule has 1 aliphatic heterocycles. The maximum atomic E-state index is 2.48. The Morgan fingerprint density at radius 1 is 1.00 bits per heavy atom. The minimum atomic E-state index is 0. The summed E-state index contributed by atoms with van der Waals surface area (Å²) in [7, 11) is 0. The molecule has 60 valence electrons. The largest absolute Gasteiger partial charge is 1.00 e. The van der Waals surface area contributed by atoms with Crippen molar-refractivity contribution >= 4 is 5.71 Å². The Kier molecular flexibility index (Phi) is 4.71. The fraction of sp³-hybridized carbons (Fsp3) is 0.875. The topological polar surface area (TPSA) is 3.01 Å². The number of hydrogen-bond donors (Lipinski definition) is 0. The van der Waals surface area contributed by atoms with Crippen molar-refractivity contribution in [2.45, 2.75) is 33.1 Å². The lowest BCUT2D eigenvalue weighted by Gasteiger charge is -2.10. The van der Waals surface area contributed by atoms with Gasteiger partial charge in [0.1, 0.15) is 18.8 Å². The number of halogens is 1. The van der Waals surface area contributed by atoms with Gasteiger partial charge in [0.25, 0.3) is 0 Å². The van der Waals surface area contributed by atoms with Crippen LogP contribution in [0.4, 0.5) is 0 Å². The molecule has 1 nitrogen and oxygen atoms in total. The van der Waals surface area contributed by atoms with Gasteiger partial charge in [-0.3, -0.25) is 0 Å². The van der Waals surface area contributed by atoms with Gasteiger partial charge in [-0.05, 0) is 6.42 Å². The first-order valence-corrected chi connectivity index (χ1v) is 3.86. The minimum absolute atomic E-state index is 0. The van der Waals surface area contributed by atoms with E-state index in [1.54, 1.807) is 0 Å². The Morgan fingerprint density at radius 3 is 1.80 bits per heavy atom. The van der Waals surface area contributed by atoms with Crippen LogP contribution < -0.4 is 12.4 Å². The van der Waals surface area contributed by atoms with Crippen molar-refractivity contribution in [1.29, 1.82) is 0 Å². The van der Waals surface area contributed by atoms with Crippen LogP contribution in [0.1, 0.15) is 33.1 Å². The molecule has 0 saturated carbocycles. The van der Waals surface area contributed by atoms with E-state index in [0.29, 0.717) is 0 Å². The van der Waals surface area contributed by atoms with Gasteiger partial charge < -0.3 is 12.4 Å². The highest BCUT2D eigenvalue weighted by molar-refractivity contribution is 5.73. The van der Waals surface area contributed by atoms with E-state index in [1.165, 1.54) is 38.1 Å². The lowest BCUT2D eigenvalue weighted by Crippen LogP contribution is -3.00. The highest BCUT2D eigenvalue weighted by atomic mass is 35.5. The van der Waals surface area contributed by atoms with Gasteiger partial charge in [0.05, 0.1) is 0 Å². The fourth-order valence-electron chi connectivity index (χ4n) is 1.34. The van der Waals surface area contributed by atoms with Gasteiger partial charge in [-0.1, -0.05) is 0 Å². The van der Waals surface area contributed by atoms with E-state index in [0.717, 1.165) is 0 Å². The Hall–Kier alpha value is -0.0400. The molecule has 1 saturated heterocycles. The molecule has 2 heteroatoms. The average molecular weight is 162 g/mol. The van der Waals surface area contributed by atoms with Crippen LogP contribution in [0.5, 0.6) is 0 Å². The molecule has 1 heterocycles. The molecule has 0 amide bonds. The summed E-state index contributed by atoms with van der Waals surface area (Å²) in [4.78, 5) is 0. The standard InChI is InChI=1S/C8H16N.ClH/c1-8(2)9-6-4-3-5-7-9;/h3-7H2,1-2H3;1H/q+1;/p-1. The zero-order valence-electron chi connectivity index (χ0n) is 6.86. The van der Waals surface area contributed by atoms with E-state index in [1.807, 2.05) is 0 Å². The van der Waals surface area contributed by atoms with Crippen molar-refractivity contribution in [3.63, 3.8) is 0 Å². The Morgan fingerprint density at radius 2 is 1.50 bits per heavy atom. The van der Waals surface area contributed by atoms with E-state index in [4.69, 9.17) is 0 Å². The highest BCUT2D eigenvalue weighted by Crippen LogP contribution is 2.03. The molecule has 0 aromatic heterocycles. The molecule has 0 atom stereocenters. The molecular formula is C8H16ClN. The van der Waals surface area contributed by atoms with E-state index in [-0.39, 0.29) is 12.4 Å². The quantitative estimate of drug-likeness (QED) is 0.388. The third-order valence-corrected chi connectivity index (χ3v) is 1.99. The Bertz CT molecular complexity index is 117. The lowest BCUT2D eigenvalue weighted by molar-refractivity contribution is -0.538. The molecule has 1 rings (SSSR count). The summed E-state index contributed by atoms with van der Waals surface area (Å²) in [6, 6.07) is 0. The Balaban J connectivity index is 0.000000810. The van der Waals surface area contributed by atoms with Crippen LogP contribution in [-0.2, 0) is 0 Å². The van der Waals surface area contributed by atoms with E-state index >= 15 is 0 Å². The molecule has 0 spiro atoms. The molecular weight excluding hydrogens is 146 g/mol. The molecule has 0 N–H and O–H groups in total. The third-order valence-electron chi connectivity index (χ3n) is 1.99. The average Bonchev–Trinajstić information content (AvgIpc) is 1.90. The summed E-state index contributed by atoms with van der Waals surface area (Å²) in [5.74, 6) is 0. The van der Waals surface area contributed by atoms with Crippen molar-refractivity contribution in [1.82, 2.24) is 0 Å². The van der Waals surface area contributed by atoms with Crippen LogP contribution in [0.15, 0.2) is 0 Å². The molecule has 0 aromatic carbocycles. The number of nitrogens with zero attached hydrogens (tertiary/aromatic N) is 1. The first-order chi connectivity index (χ1) is 4.30. The summed E-state index contributed by atoms with van der Waals surface area (Å²) in [6.07, 6.45) is 4.22. The second-order valence-electron chi connectivity index (χ2n) is 2.99. The number of piperidine rings is 1. The zero-order chi connectivity index (χ0) is 6.69. The summed E-state index contributed by atoms with van der Waals surface area (Å²) < 4.78 is 2.48. The van der Waals surface area contributed by atoms with Gasteiger partial charge in [0.15, 0.2) is 0 Å². The van der Waals surface area contributed by atoms with Crippen molar-refractivity contribution in [2.75, 3.05) is 13.1 Å². The van der Waals surface area contributed by atoms with Gasteiger partial charge in [0, 0.05) is 26.7 Å². The van der Waals surface area contributed by atoms with Gasteiger partial charge >= 0.3 is 0 Å². The molecule has 0 aliphatic carbocycles. The van der Waals surface area contributed by atoms with Crippen LogP contribution in [0.2, 0.25) is 0 Å².